The number of hydrogen-bond donors (Lipinski definition) is 4. The van der Waals surface area contributed by atoms with Gasteiger partial charge >= 0.3 is 0 Å². The van der Waals surface area contributed by atoms with Gasteiger partial charge in [-0.25, -0.2) is 0 Å². The molecule has 0 unspecified atom stereocenters. The zero-order valence-corrected chi connectivity index (χ0v) is 7.45. The van der Waals surface area contributed by atoms with Crippen molar-refractivity contribution in [2.45, 2.75) is 19.4 Å². The molecule has 0 fully saturated rings. The van der Waals surface area contributed by atoms with E-state index < -0.39 is 25.4 Å². The molecule has 0 amide bonds. The topological polar surface area (TPSA) is 104 Å². The first kappa shape index (κ1) is 14.1. The maximum absolute atomic E-state index is 9.44. The summed E-state index contributed by atoms with van der Waals surface area (Å²) in [4.78, 5) is 9.44. The van der Waals surface area contributed by atoms with E-state index in [4.69, 9.17) is 21.1 Å². The minimum Gasteiger partial charge on any atom is -0.394 e. The number of aliphatic hydroxyl groups excluding tert-OH is 3. The molecule has 0 atom stereocenters. The first-order valence-electron chi connectivity index (χ1n) is 3.50. The third-order valence-electron chi connectivity index (χ3n) is 0.945. The van der Waals surface area contributed by atoms with Crippen LogP contribution in [-0.4, -0.2) is 46.5 Å². The smallest absolute Gasteiger partial charge is 0.126 e. The average molecular weight is 179 g/mol. The molecule has 74 valence electrons. The summed E-state index contributed by atoms with van der Waals surface area (Å²) < 4.78 is 0. The molecule has 5 nitrogen and oxygen atoms in total. The van der Waals surface area contributed by atoms with Crippen LogP contribution in [-0.2, 0) is 4.79 Å². The number of rotatable bonds is 3. The zero-order chi connectivity index (χ0) is 10.2. The highest BCUT2D eigenvalue weighted by atomic mass is 16.3. The average Bonchev–Trinajstić information content (AvgIpc) is 2.02. The second-order valence-corrected chi connectivity index (χ2v) is 2.74. The van der Waals surface area contributed by atoms with Crippen LogP contribution in [0.25, 0.3) is 0 Å². The van der Waals surface area contributed by atoms with Crippen molar-refractivity contribution in [1.29, 1.82) is 0 Å². The predicted octanol–water partition coefficient (Wildman–Crippen LogP) is -1.74. The van der Waals surface area contributed by atoms with Gasteiger partial charge in [0.1, 0.15) is 5.78 Å². The third-order valence-corrected chi connectivity index (χ3v) is 0.945. The van der Waals surface area contributed by atoms with Crippen LogP contribution in [0.3, 0.4) is 0 Å². The van der Waals surface area contributed by atoms with Crippen LogP contribution in [0.1, 0.15) is 13.8 Å². The molecule has 0 heterocycles. The molecule has 0 bridgehead atoms. The molecule has 0 saturated heterocycles. The van der Waals surface area contributed by atoms with Crippen molar-refractivity contribution in [1.82, 2.24) is 0 Å². The minimum atomic E-state index is -1.21. The Hall–Kier alpha value is -0.490. The Morgan fingerprint density at radius 2 is 1.33 bits per heavy atom. The van der Waals surface area contributed by atoms with E-state index in [1.165, 1.54) is 13.8 Å². The second-order valence-electron chi connectivity index (χ2n) is 2.74. The maximum Gasteiger partial charge on any atom is 0.126 e. The molecule has 0 aliphatic rings. The number of Topliss-reactive ketones (excluding diaryl/α,β-unsaturated/α-hetero) is 1. The summed E-state index contributed by atoms with van der Waals surface area (Å²) in [5.74, 6) is 0.167. The van der Waals surface area contributed by atoms with Crippen molar-refractivity contribution < 1.29 is 20.1 Å². The van der Waals surface area contributed by atoms with E-state index in [1.54, 1.807) is 0 Å². The highest BCUT2D eigenvalue weighted by molar-refractivity contribution is 5.72. The number of nitrogens with two attached hydrogens (primary N) is 1. The van der Waals surface area contributed by atoms with E-state index in [2.05, 4.69) is 0 Å². The Balaban J connectivity index is 0. The Bertz CT molecular complexity index is 110. The van der Waals surface area contributed by atoms with E-state index in [-0.39, 0.29) is 5.78 Å². The SMILES string of the molecule is CC(C)=O.NC(CO)(CO)CO. The predicted molar refractivity (Wildman–Crippen MR) is 44.5 cm³/mol. The molecule has 0 rings (SSSR count). The Morgan fingerprint density at radius 1 is 1.17 bits per heavy atom. The third kappa shape index (κ3) is 9.51. The lowest BCUT2D eigenvalue weighted by atomic mass is 10.1. The summed E-state index contributed by atoms with van der Waals surface area (Å²) >= 11 is 0. The Kier molecular flexibility index (Phi) is 8.41. The molecular formula is C7H17NO4. The molecule has 0 aliphatic carbocycles. The molecule has 5 heteroatoms. The van der Waals surface area contributed by atoms with Crippen molar-refractivity contribution in [2.75, 3.05) is 19.8 Å². The van der Waals surface area contributed by atoms with Crippen LogP contribution in [0.2, 0.25) is 0 Å². The van der Waals surface area contributed by atoms with Gasteiger partial charge in [-0.1, -0.05) is 0 Å². The monoisotopic (exact) mass is 179 g/mol. The van der Waals surface area contributed by atoms with Crippen LogP contribution >= 0.6 is 0 Å². The van der Waals surface area contributed by atoms with Gasteiger partial charge in [-0.15, -0.1) is 0 Å². The zero-order valence-electron chi connectivity index (χ0n) is 7.45. The van der Waals surface area contributed by atoms with Gasteiger partial charge in [-0.3, -0.25) is 0 Å². The minimum absolute atomic E-state index is 0.167. The largest absolute Gasteiger partial charge is 0.394 e. The summed E-state index contributed by atoms with van der Waals surface area (Å²) in [6, 6.07) is 0. The van der Waals surface area contributed by atoms with E-state index in [1.807, 2.05) is 0 Å². The fourth-order valence-electron chi connectivity index (χ4n) is 0.150. The van der Waals surface area contributed by atoms with Crippen molar-refractivity contribution in [3.8, 4) is 0 Å². The maximum atomic E-state index is 9.44. The molecule has 0 aromatic heterocycles. The van der Waals surface area contributed by atoms with Gasteiger partial charge in [0.25, 0.3) is 0 Å². The molecular weight excluding hydrogens is 162 g/mol. The number of carbonyl (C=O) groups is 1. The summed E-state index contributed by atoms with van der Waals surface area (Å²) in [6.45, 7) is 1.85. The normalized spacial score (nSPS) is 10.2. The lowest BCUT2D eigenvalue weighted by molar-refractivity contribution is -0.114. The molecule has 0 radical (unpaired) electrons. The fraction of sp³-hybridized carbons (Fsp3) is 0.857. The van der Waals surface area contributed by atoms with E-state index in [0.29, 0.717) is 0 Å². The second kappa shape index (κ2) is 7.17. The summed E-state index contributed by atoms with van der Waals surface area (Å²) in [6.07, 6.45) is 0. The number of aliphatic hydroxyl groups is 3. The highest BCUT2D eigenvalue weighted by Gasteiger charge is 2.20. The number of carbonyl (C=O) groups excluding carboxylic acids is 1. The van der Waals surface area contributed by atoms with Gasteiger partial charge in [0.15, 0.2) is 0 Å². The van der Waals surface area contributed by atoms with E-state index in [0.717, 1.165) is 0 Å². The van der Waals surface area contributed by atoms with Crippen molar-refractivity contribution in [3.63, 3.8) is 0 Å². The van der Waals surface area contributed by atoms with Crippen molar-refractivity contribution >= 4 is 5.78 Å². The van der Waals surface area contributed by atoms with Gasteiger partial charge < -0.3 is 25.8 Å². The standard InChI is InChI=1S/C4H11NO3.C3H6O/c5-4(1-6,2-7)3-8;1-3(2)4/h6-8H,1-3,5H2;1-2H3. The van der Waals surface area contributed by atoms with Crippen LogP contribution < -0.4 is 5.73 Å². The molecule has 0 aromatic rings. The van der Waals surface area contributed by atoms with Crippen LogP contribution in [0.5, 0.6) is 0 Å². The molecule has 0 aliphatic heterocycles. The van der Waals surface area contributed by atoms with Gasteiger partial charge in [0, 0.05) is 0 Å². The van der Waals surface area contributed by atoms with Crippen LogP contribution in [0, 0.1) is 0 Å². The number of hydrogen-bond acceptors (Lipinski definition) is 5. The summed E-state index contributed by atoms with van der Waals surface area (Å²) in [7, 11) is 0. The van der Waals surface area contributed by atoms with Crippen molar-refractivity contribution in [3.05, 3.63) is 0 Å². The molecule has 12 heavy (non-hydrogen) atoms. The first-order chi connectivity index (χ1) is 5.41. The molecule has 5 N–H and O–H groups in total. The molecule has 0 saturated carbocycles. The molecule has 0 spiro atoms. The Labute approximate surface area is 71.8 Å². The Morgan fingerprint density at radius 3 is 1.33 bits per heavy atom. The van der Waals surface area contributed by atoms with Crippen molar-refractivity contribution in [2.24, 2.45) is 5.73 Å². The first-order valence-corrected chi connectivity index (χ1v) is 3.50. The summed E-state index contributed by atoms with van der Waals surface area (Å²) in [5.41, 5.74) is 3.94. The van der Waals surface area contributed by atoms with Gasteiger partial charge in [-0.05, 0) is 13.8 Å². The molecule has 0 aromatic carbocycles. The van der Waals surface area contributed by atoms with Crippen LogP contribution in [0.15, 0.2) is 0 Å². The van der Waals surface area contributed by atoms with Crippen LogP contribution in [0.4, 0.5) is 0 Å². The quantitative estimate of drug-likeness (QED) is 0.411. The van der Waals surface area contributed by atoms with Gasteiger partial charge in [0.2, 0.25) is 0 Å². The number of ketones is 1. The van der Waals surface area contributed by atoms with Gasteiger partial charge in [-0.2, -0.15) is 0 Å². The highest BCUT2D eigenvalue weighted by Crippen LogP contribution is 1.93. The van der Waals surface area contributed by atoms with E-state index >= 15 is 0 Å². The lowest BCUT2D eigenvalue weighted by Crippen LogP contribution is -2.50. The lowest BCUT2D eigenvalue weighted by Gasteiger charge is -2.20. The van der Waals surface area contributed by atoms with E-state index in [9.17, 15) is 4.79 Å². The van der Waals surface area contributed by atoms with Gasteiger partial charge in [0.05, 0.1) is 25.4 Å². The summed E-state index contributed by atoms with van der Waals surface area (Å²) in [5, 5.41) is 25.0. The fourth-order valence-corrected chi connectivity index (χ4v) is 0.150.